The molecule has 0 bridgehead atoms. The molecule has 0 aliphatic carbocycles. The van der Waals surface area contributed by atoms with Crippen LogP contribution in [0.2, 0.25) is 0 Å². The van der Waals surface area contributed by atoms with Crippen LogP contribution in [0.5, 0.6) is 0 Å². The van der Waals surface area contributed by atoms with Crippen molar-refractivity contribution in [2.24, 2.45) is 0 Å². The van der Waals surface area contributed by atoms with Crippen molar-refractivity contribution in [1.29, 1.82) is 0 Å². The zero-order valence-corrected chi connectivity index (χ0v) is 13.0. The molecule has 0 aromatic carbocycles. The zero-order chi connectivity index (χ0) is 15.7. The number of rotatable bonds is 6. The minimum Gasteiger partial charge on any atom is -0.395 e. The second-order valence-electron chi connectivity index (χ2n) is 5.12. The maximum absolute atomic E-state index is 12.3. The fourth-order valence-electron chi connectivity index (χ4n) is 1.79. The van der Waals surface area contributed by atoms with Crippen molar-refractivity contribution >= 4 is 5.91 Å². The number of hydrogen-bond donors (Lipinski definition) is 1. The Bertz CT molecular complexity index is 518. The van der Waals surface area contributed by atoms with Crippen LogP contribution in [0.15, 0.2) is 18.5 Å². The van der Waals surface area contributed by atoms with Gasteiger partial charge in [0.2, 0.25) is 0 Å². The number of carbonyl (C=O) groups is 1. The average molecular weight is 289 g/mol. The Hall–Kier alpha value is -1.90. The average Bonchev–Trinajstić information content (AvgIpc) is 2.46. The highest BCUT2D eigenvalue weighted by atomic mass is 16.2. The molecular formula is C16H23N3O2. The van der Waals surface area contributed by atoms with Crippen molar-refractivity contribution in [2.45, 2.75) is 12.8 Å². The van der Waals surface area contributed by atoms with E-state index in [0.717, 1.165) is 13.0 Å². The number of amides is 1. The van der Waals surface area contributed by atoms with Crippen molar-refractivity contribution in [3.05, 3.63) is 29.6 Å². The standard InChI is InChI=1S/C16H23N3O2/c1-18(2)8-6-9-19(3)16(21)15-11-14(12-17-13-15)7-4-5-10-20/h11-13,20H,5-6,8-10H2,1-3H3. The maximum atomic E-state index is 12.3. The first-order chi connectivity index (χ1) is 10.0. The van der Waals surface area contributed by atoms with Gasteiger partial charge in [0.05, 0.1) is 12.2 Å². The van der Waals surface area contributed by atoms with Crippen LogP contribution in [0.4, 0.5) is 0 Å². The molecule has 1 aromatic heterocycles. The van der Waals surface area contributed by atoms with Crippen molar-refractivity contribution in [1.82, 2.24) is 14.8 Å². The van der Waals surface area contributed by atoms with Crippen LogP contribution in [-0.4, -0.2) is 66.6 Å². The number of aliphatic hydroxyl groups excluding tert-OH is 1. The Kier molecular flexibility index (Phi) is 7.44. The highest BCUT2D eigenvalue weighted by molar-refractivity contribution is 5.94. The van der Waals surface area contributed by atoms with Crippen LogP contribution in [0.25, 0.3) is 0 Å². The lowest BCUT2D eigenvalue weighted by molar-refractivity contribution is 0.0790. The van der Waals surface area contributed by atoms with Gasteiger partial charge in [-0.05, 0) is 33.1 Å². The molecule has 0 atom stereocenters. The van der Waals surface area contributed by atoms with E-state index in [1.165, 1.54) is 0 Å². The molecule has 0 aliphatic heterocycles. The molecule has 1 aromatic rings. The molecule has 114 valence electrons. The summed E-state index contributed by atoms with van der Waals surface area (Å²) in [5, 5.41) is 8.70. The van der Waals surface area contributed by atoms with Crippen LogP contribution in [0, 0.1) is 11.8 Å². The highest BCUT2D eigenvalue weighted by Crippen LogP contribution is 2.05. The lowest BCUT2D eigenvalue weighted by Gasteiger charge is -2.18. The third-order valence-corrected chi connectivity index (χ3v) is 2.90. The van der Waals surface area contributed by atoms with Gasteiger partial charge >= 0.3 is 0 Å². The highest BCUT2D eigenvalue weighted by Gasteiger charge is 2.12. The van der Waals surface area contributed by atoms with Crippen molar-refractivity contribution in [2.75, 3.05) is 40.8 Å². The van der Waals surface area contributed by atoms with Gasteiger partial charge in [-0.3, -0.25) is 9.78 Å². The molecule has 1 amide bonds. The van der Waals surface area contributed by atoms with E-state index in [0.29, 0.717) is 24.1 Å². The lowest BCUT2D eigenvalue weighted by atomic mass is 10.2. The van der Waals surface area contributed by atoms with E-state index < -0.39 is 0 Å². The molecule has 1 heterocycles. The van der Waals surface area contributed by atoms with Gasteiger partial charge in [0, 0.05) is 38.0 Å². The predicted octanol–water partition coefficient (Wildman–Crippen LogP) is 0.839. The fourth-order valence-corrected chi connectivity index (χ4v) is 1.79. The third-order valence-electron chi connectivity index (χ3n) is 2.90. The van der Waals surface area contributed by atoms with E-state index in [1.807, 2.05) is 14.1 Å². The molecule has 0 spiro atoms. The third kappa shape index (κ3) is 6.39. The van der Waals surface area contributed by atoms with Gasteiger partial charge in [0.15, 0.2) is 0 Å². The molecule has 0 unspecified atom stereocenters. The number of nitrogens with zero attached hydrogens (tertiary/aromatic N) is 3. The summed E-state index contributed by atoms with van der Waals surface area (Å²) in [5.41, 5.74) is 1.23. The van der Waals surface area contributed by atoms with Gasteiger partial charge in [-0.15, -0.1) is 0 Å². The van der Waals surface area contributed by atoms with Gasteiger partial charge in [-0.25, -0.2) is 0 Å². The Morgan fingerprint density at radius 3 is 2.71 bits per heavy atom. The quantitative estimate of drug-likeness (QED) is 0.789. The second-order valence-corrected chi connectivity index (χ2v) is 5.12. The number of aliphatic hydroxyl groups is 1. The van der Waals surface area contributed by atoms with Crippen molar-refractivity contribution < 1.29 is 9.90 Å². The SMILES string of the molecule is CN(C)CCCN(C)C(=O)c1cncc(C#CCCO)c1. The molecule has 1 rings (SSSR count). The zero-order valence-electron chi connectivity index (χ0n) is 13.0. The van der Waals surface area contributed by atoms with E-state index in [9.17, 15) is 4.79 Å². The van der Waals surface area contributed by atoms with Gasteiger partial charge in [-0.1, -0.05) is 11.8 Å². The van der Waals surface area contributed by atoms with Crippen LogP contribution >= 0.6 is 0 Å². The largest absolute Gasteiger partial charge is 0.395 e. The summed E-state index contributed by atoms with van der Waals surface area (Å²) in [6, 6.07) is 1.74. The monoisotopic (exact) mass is 289 g/mol. The molecule has 0 fully saturated rings. The van der Waals surface area contributed by atoms with E-state index in [-0.39, 0.29) is 12.5 Å². The number of hydrogen-bond acceptors (Lipinski definition) is 4. The number of pyridine rings is 1. The summed E-state index contributed by atoms with van der Waals surface area (Å²) < 4.78 is 0. The summed E-state index contributed by atoms with van der Waals surface area (Å²) in [7, 11) is 5.82. The fraction of sp³-hybridized carbons (Fsp3) is 0.500. The van der Waals surface area contributed by atoms with Gasteiger partial charge in [-0.2, -0.15) is 0 Å². The summed E-state index contributed by atoms with van der Waals surface area (Å²) in [6.07, 6.45) is 4.52. The molecule has 0 saturated heterocycles. The summed E-state index contributed by atoms with van der Waals surface area (Å²) >= 11 is 0. The molecule has 21 heavy (non-hydrogen) atoms. The lowest BCUT2D eigenvalue weighted by Crippen LogP contribution is -2.29. The van der Waals surface area contributed by atoms with Gasteiger partial charge < -0.3 is 14.9 Å². The summed E-state index contributed by atoms with van der Waals surface area (Å²) in [5.74, 6) is 5.66. The van der Waals surface area contributed by atoms with E-state index in [2.05, 4.69) is 21.7 Å². The van der Waals surface area contributed by atoms with Crippen molar-refractivity contribution in [3.8, 4) is 11.8 Å². The summed E-state index contributed by atoms with van der Waals surface area (Å²) in [4.78, 5) is 20.1. The number of carbonyl (C=O) groups excluding carboxylic acids is 1. The molecule has 0 saturated carbocycles. The first-order valence-corrected chi connectivity index (χ1v) is 6.99. The van der Waals surface area contributed by atoms with Crippen LogP contribution < -0.4 is 0 Å². The molecule has 0 radical (unpaired) electrons. The van der Waals surface area contributed by atoms with Gasteiger partial charge in [0.25, 0.3) is 5.91 Å². The minimum atomic E-state index is -0.0490. The summed E-state index contributed by atoms with van der Waals surface area (Å²) in [6.45, 7) is 1.69. The van der Waals surface area contributed by atoms with E-state index in [1.54, 1.807) is 30.4 Å². The molecule has 0 aliphatic rings. The second kappa shape index (κ2) is 9.11. The minimum absolute atomic E-state index is 0.0354. The topological polar surface area (TPSA) is 56.7 Å². The Labute approximate surface area is 126 Å². The van der Waals surface area contributed by atoms with Crippen LogP contribution in [0.1, 0.15) is 28.8 Å². The Morgan fingerprint density at radius 1 is 1.29 bits per heavy atom. The molecule has 5 heteroatoms. The first kappa shape index (κ1) is 17.2. The number of aromatic nitrogens is 1. The Morgan fingerprint density at radius 2 is 2.05 bits per heavy atom. The predicted molar refractivity (Wildman–Crippen MR) is 82.9 cm³/mol. The normalized spacial score (nSPS) is 10.1. The molecular weight excluding hydrogens is 266 g/mol. The van der Waals surface area contributed by atoms with Crippen LogP contribution in [0.3, 0.4) is 0 Å². The van der Waals surface area contributed by atoms with Crippen LogP contribution in [-0.2, 0) is 0 Å². The van der Waals surface area contributed by atoms with Gasteiger partial charge in [0.1, 0.15) is 0 Å². The Balaban J connectivity index is 2.65. The van der Waals surface area contributed by atoms with Crippen molar-refractivity contribution in [3.63, 3.8) is 0 Å². The van der Waals surface area contributed by atoms with E-state index >= 15 is 0 Å². The molecule has 1 N–H and O–H groups in total. The maximum Gasteiger partial charge on any atom is 0.255 e. The molecule has 5 nitrogen and oxygen atoms in total. The smallest absolute Gasteiger partial charge is 0.255 e. The van der Waals surface area contributed by atoms with E-state index in [4.69, 9.17) is 5.11 Å². The first-order valence-electron chi connectivity index (χ1n) is 6.99.